The largest absolute Gasteiger partial charge is 0.550 e. The molecule has 0 spiro atoms. The van der Waals surface area contributed by atoms with Crippen LogP contribution in [0.1, 0.15) is 22.5 Å². The summed E-state index contributed by atoms with van der Waals surface area (Å²) in [6, 6.07) is 29.4. The molecule has 3 aromatic carbocycles. The van der Waals surface area contributed by atoms with Crippen molar-refractivity contribution in [2.24, 2.45) is 0 Å². The molecule has 0 atom stereocenters. The first-order valence-electron chi connectivity index (χ1n) is 8.87. The van der Waals surface area contributed by atoms with E-state index in [-0.39, 0.29) is 12.2 Å². The Morgan fingerprint density at radius 2 is 1.21 bits per heavy atom. The van der Waals surface area contributed by atoms with E-state index in [1.165, 1.54) is 0 Å². The molecule has 0 aliphatic rings. The van der Waals surface area contributed by atoms with E-state index in [0.717, 1.165) is 16.7 Å². The fraction of sp³-hybridized carbons (Fsp3) is 0.0909. The highest BCUT2D eigenvalue weighted by Crippen LogP contribution is 2.40. The Kier molecular flexibility index (Phi) is 4.68. The number of hydrogen-bond donors (Lipinski definition) is 0. The quantitative estimate of drug-likeness (QED) is 0.484. The third-order valence-electron chi connectivity index (χ3n) is 4.73. The van der Waals surface area contributed by atoms with Gasteiger partial charge in [0.05, 0.1) is 0 Å². The molecule has 0 aliphatic heterocycles. The van der Waals surface area contributed by atoms with E-state index in [4.69, 9.17) is 0 Å². The van der Waals surface area contributed by atoms with Gasteiger partial charge in [0, 0.05) is 12.4 Å². The average molecular weight is 369 g/mol. The summed E-state index contributed by atoms with van der Waals surface area (Å²) in [6.45, 7) is 0. The average Bonchev–Trinajstić information content (AvgIpc) is 3.19. The fourth-order valence-electron chi connectivity index (χ4n) is 3.61. The summed E-state index contributed by atoms with van der Waals surface area (Å²) in [5.41, 5.74) is 1.82. The fourth-order valence-corrected chi connectivity index (χ4v) is 3.61. The Morgan fingerprint density at radius 1 is 0.786 bits per heavy atom. The van der Waals surface area contributed by atoms with Crippen molar-refractivity contribution in [1.82, 2.24) is 20.2 Å². The van der Waals surface area contributed by atoms with Crippen molar-refractivity contribution < 1.29 is 9.90 Å². The Bertz CT molecular complexity index is 967. The van der Waals surface area contributed by atoms with E-state index in [1.54, 1.807) is 4.68 Å². The summed E-state index contributed by atoms with van der Waals surface area (Å²) in [4.78, 5) is 11.3. The lowest BCUT2D eigenvalue weighted by Crippen LogP contribution is -2.41. The zero-order valence-electron chi connectivity index (χ0n) is 15.0. The molecule has 0 fully saturated rings. The van der Waals surface area contributed by atoms with Crippen LogP contribution in [0.5, 0.6) is 0 Å². The summed E-state index contributed by atoms with van der Waals surface area (Å²) in [7, 11) is 0. The molecule has 0 bridgehead atoms. The molecule has 0 aliphatic carbocycles. The number of nitrogens with zero attached hydrogens (tertiary/aromatic N) is 4. The van der Waals surface area contributed by atoms with Gasteiger partial charge in [-0.1, -0.05) is 91.0 Å². The number of carboxylic acid groups (broad SMARTS) is 1. The van der Waals surface area contributed by atoms with Gasteiger partial charge in [0.15, 0.2) is 5.82 Å². The number of carbonyl (C=O) groups excluding carboxylic acids is 1. The molecule has 0 saturated heterocycles. The number of rotatable bonds is 6. The van der Waals surface area contributed by atoms with E-state index in [2.05, 4.69) is 15.5 Å². The zero-order valence-corrected chi connectivity index (χ0v) is 15.0. The summed E-state index contributed by atoms with van der Waals surface area (Å²) in [5, 5.41) is 23.3. The van der Waals surface area contributed by atoms with Gasteiger partial charge in [-0.05, 0) is 27.1 Å². The minimum atomic E-state index is -1.24. The Morgan fingerprint density at radius 3 is 1.61 bits per heavy atom. The molecular weight excluding hydrogens is 352 g/mol. The Balaban J connectivity index is 2.11. The maximum atomic E-state index is 11.3. The predicted molar refractivity (Wildman–Crippen MR) is 101 cm³/mol. The Hall–Kier alpha value is -3.80. The van der Waals surface area contributed by atoms with Crippen LogP contribution in [-0.2, 0) is 16.8 Å². The number of aliphatic carboxylic acids is 1. The molecule has 138 valence electrons. The topological polar surface area (TPSA) is 83.7 Å². The number of aromatic nitrogens is 4. The Labute approximate surface area is 162 Å². The first kappa shape index (κ1) is 17.6. The van der Waals surface area contributed by atoms with Crippen molar-refractivity contribution in [2.75, 3.05) is 0 Å². The molecule has 1 aromatic heterocycles. The van der Waals surface area contributed by atoms with Gasteiger partial charge in [0.1, 0.15) is 5.54 Å². The lowest BCUT2D eigenvalue weighted by atomic mass is 9.77. The van der Waals surface area contributed by atoms with Crippen molar-refractivity contribution >= 4 is 5.97 Å². The number of benzene rings is 3. The highest BCUT2D eigenvalue weighted by Gasteiger charge is 2.41. The molecular formula is C22H17N4O2-. The van der Waals surface area contributed by atoms with Crippen LogP contribution in [0.15, 0.2) is 91.0 Å². The molecule has 0 amide bonds. The molecule has 4 aromatic rings. The SMILES string of the molecule is O=C([O-])Cc1nnnn1C(c1ccccc1)(c1ccccc1)c1ccccc1. The summed E-state index contributed by atoms with van der Waals surface area (Å²) >= 11 is 0. The van der Waals surface area contributed by atoms with E-state index in [9.17, 15) is 9.90 Å². The van der Waals surface area contributed by atoms with Crippen LogP contribution in [0.25, 0.3) is 0 Å². The van der Waals surface area contributed by atoms with Crippen molar-refractivity contribution in [3.05, 3.63) is 114 Å². The minimum Gasteiger partial charge on any atom is -0.550 e. The molecule has 0 radical (unpaired) electrons. The monoisotopic (exact) mass is 369 g/mol. The smallest absolute Gasteiger partial charge is 0.158 e. The van der Waals surface area contributed by atoms with Gasteiger partial charge in [-0.3, -0.25) is 0 Å². The molecule has 0 N–H and O–H groups in total. The summed E-state index contributed by atoms with van der Waals surface area (Å²) in [5.74, 6) is -1.02. The van der Waals surface area contributed by atoms with Crippen LogP contribution < -0.4 is 5.11 Å². The van der Waals surface area contributed by atoms with Crippen LogP contribution in [0.3, 0.4) is 0 Å². The second-order valence-electron chi connectivity index (χ2n) is 6.36. The lowest BCUT2D eigenvalue weighted by molar-refractivity contribution is -0.304. The maximum Gasteiger partial charge on any atom is 0.158 e. The molecule has 28 heavy (non-hydrogen) atoms. The van der Waals surface area contributed by atoms with E-state index >= 15 is 0 Å². The maximum absolute atomic E-state index is 11.3. The van der Waals surface area contributed by atoms with Crippen molar-refractivity contribution in [1.29, 1.82) is 0 Å². The van der Waals surface area contributed by atoms with Crippen LogP contribution in [0, 0.1) is 0 Å². The van der Waals surface area contributed by atoms with Crippen LogP contribution in [0.4, 0.5) is 0 Å². The van der Waals surface area contributed by atoms with Crippen molar-refractivity contribution in [3.8, 4) is 0 Å². The third-order valence-corrected chi connectivity index (χ3v) is 4.73. The van der Waals surface area contributed by atoms with Gasteiger partial charge < -0.3 is 9.90 Å². The number of carbonyl (C=O) groups is 1. The van der Waals surface area contributed by atoms with Crippen molar-refractivity contribution in [3.63, 3.8) is 0 Å². The van der Waals surface area contributed by atoms with Gasteiger partial charge >= 0.3 is 0 Å². The third kappa shape index (κ3) is 2.95. The van der Waals surface area contributed by atoms with Crippen LogP contribution in [0.2, 0.25) is 0 Å². The second-order valence-corrected chi connectivity index (χ2v) is 6.36. The summed E-state index contributed by atoms with van der Waals surface area (Å²) in [6.07, 6.45) is -0.388. The minimum absolute atomic E-state index is 0.219. The van der Waals surface area contributed by atoms with Gasteiger partial charge in [-0.2, -0.15) is 0 Å². The predicted octanol–water partition coefficient (Wildman–Crippen LogP) is 1.81. The van der Waals surface area contributed by atoms with Crippen LogP contribution >= 0.6 is 0 Å². The standard InChI is InChI=1S/C22H18N4O2/c27-21(28)16-20-23-24-25-26(20)22(17-10-4-1-5-11-17,18-12-6-2-7-13-18)19-14-8-3-9-15-19/h1-15H,16H2,(H,27,28)/p-1. The summed E-state index contributed by atoms with van der Waals surface area (Å²) < 4.78 is 1.59. The molecule has 0 unspecified atom stereocenters. The van der Waals surface area contributed by atoms with E-state index < -0.39 is 11.5 Å². The van der Waals surface area contributed by atoms with Crippen molar-refractivity contribution in [2.45, 2.75) is 12.0 Å². The first-order valence-corrected chi connectivity index (χ1v) is 8.87. The molecule has 6 heteroatoms. The molecule has 6 nitrogen and oxygen atoms in total. The zero-order chi connectivity index (χ0) is 19.4. The number of hydrogen-bond acceptors (Lipinski definition) is 5. The van der Waals surface area contributed by atoms with E-state index in [1.807, 2.05) is 91.0 Å². The van der Waals surface area contributed by atoms with Gasteiger partial charge in [-0.25, -0.2) is 4.68 Å². The molecule has 1 heterocycles. The highest BCUT2D eigenvalue weighted by atomic mass is 16.4. The number of tetrazole rings is 1. The highest BCUT2D eigenvalue weighted by molar-refractivity contribution is 5.66. The van der Waals surface area contributed by atoms with Crippen LogP contribution in [-0.4, -0.2) is 26.2 Å². The molecule has 0 saturated carbocycles. The van der Waals surface area contributed by atoms with Gasteiger partial charge in [-0.15, -0.1) is 5.10 Å². The lowest BCUT2D eigenvalue weighted by Gasteiger charge is -2.36. The molecule has 4 rings (SSSR count). The van der Waals surface area contributed by atoms with Gasteiger partial charge in [0.2, 0.25) is 0 Å². The normalized spacial score (nSPS) is 11.3. The number of carboxylic acids is 1. The van der Waals surface area contributed by atoms with Gasteiger partial charge in [0.25, 0.3) is 0 Å². The van der Waals surface area contributed by atoms with E-state index in [0.29, 0.717) is 0 Å². The first-order chi connectivity index (χ1) is 13.7. The second kappa shape index (κ2) is 7.44.